The van der Waals surface area contributed by atoms with Crippen LogP contribution in [0.4, 0.5) is 0 Å². The predicted molar refractivity (Wildman–Crippen MR) is 89.8 cm³/mol. The van der Waals surface area contributed by atoms with E-state index in [0.717, 1.165) is 29.8 Å². The van der Waals surface area contributed by atoms with Gasteiger partial charge in [0.05, 0.1) is 18.0 Å². The first kappa shape index (κ1) is 17.7. The van der Waals surface area contributed by atoms with Crippen LogP contribution < -0.4 is 4.74 Å². The maximum absolute atomic E-state index is 11.7. The fraction of sp³-hybridized carbons (Fsp3) is 0.333. The second-order valence-electron chi connectivity index (χ2n) is 5.25. The molecule has 0 atom stereocenters. The number of benzene rings is 1. The lowest BCUT2D eigenvalue weighted by Gasteiger charge is -2.11. The fourth-order valence-corrected chi connectivity index (χ4v) is 2.07. The number of aryl methyl sites for hydroxylation is 2. The number of hydrogen-bond donors (Lipinski definition) is 0. The van der Waals surface area contributed by atoms with Crippen molar-refractivity contribution in [2.45, 2.75) is 33.6 Å². The molecule has 0 saturated heterocycles. The molecule has 0 unspecified atom stereocenters. The maximum Gasteiger partial charge on any atom is 0.407 e. The van der Waals surface area contributed by atoms with Crippen LogP contribution in [-0.2, 0) is 21.0 Å². The van der Waals surface area contributed by atoms with Crippen LogP contribution in [0, 0.1) is 6.92 Å². The van der Waals surface area contributed by atoms with Gasteiger partial charge in [-0.15, -0.1) is 0 Å². The van der Waals surface area contributed by atoms with Gasteiger partial charge in [0.1, 0.15) is 5.75 Å². The molecule has 1 aromatic carbocycles. The number of carbonyl (C=O) groups excluding carboxylic acids is 1. The van der Waals surface area contributed by atoms with Gasteiger partial charge in [-0.3, -0.25) is 4.89 Å². The number of carbonyl (C=O) groups is 1. The molecule has 6 heteroatoms. The highest BCUT2D eigenvalue weighted by molar-refractivity contribution is 5.85. The average molecular weight is 330 g/mol. The number of nitrogens with zero attached hydrogens (tertiary/aromatic N) is 2. The zero-order valence-corrected chi connectivity index (χ0v) is 14.2. The molecule has 0 N–H and O–H groups in total. The van der Waals surface area contributed by atoms with Crippen LogP contribution in [-0.4, -0.2) is 22.4 Å². The van der Waals surface area contributed by atoms with Gasteiger partial charge >= 0.3 is 5.97 Å². The maximum atomic E-state index is 11.7. The Kier molecular flexibility index (Phi) is 6.14. The van der Waals surface area contributed by atoms with Gasteiger partial charge in [0.15, 0.2) is 0 Å². The van der Waals surface area contributed by atoms with Crippen LogP contribution in [0.25, 0.3) is 5.69 Å². The van der Waals surface area contributed by atoms with Crippen molar-refractivity contribution in [2.75, 3.05) is 6.61 Å². The lowest BCUT2D eigenvalue weighted by Crippen LogP contribution is -2.12. The minimum atomic E-state index is -0.758. The number of rotatable bonds is 8. The summed E-state index contributed by atoms with van der Waals surface area (Å²) in [5.41, 5.74) is 2.74. The first-order valence-electron chi connectivity index (χ1n) is 7.91. The molecule has 2 rings (SSSR count). The van der Waals surface area contributed by atoms with Crippen LogP contribution >= 0.6 is 0 Å². The van der Waals surface area contributed by atoms with Crippen LogP contribution in [0.1, 0.15) is 31.5 Å². The standard InChI is InChI=1S/C18H22N2O4/c1-5-7-15-10-11-20(19-15)16-9-8-13(3)17(12-16)23-14(4)18(21)24-22-6-2/h8-12H,4-7H2,1-3H3. The lowest BCUT2D eigenvalue weighted by molar-refractivity contribution is -0.267. The smallest absolute Gasteiger partial charge is 0.407 e. The molecule has 0 spiro atoms. The molecule has 24 heavy (non-hydrogen) atoms. The van der Waals surface area contributed by atoms with Crippen molar-refractivity contribution in [3.8, 4) is 11.4 Å². The summed E-state index contributed by atoms with van der Waals surface area (Å²) < 4.78 is 7.31. The topological polar surface area (TPSA) is 62.6 Å². The van der Waals surface area contributed by atoms with E-state index in [0.29, 0.717) is 5.75 Å². The second-order valence-corrected chi connectivity index (χ2v) is 5.25. The molecule has 6 nitrogen and oxygen atoms in total. The van der Waals surface area contributed by atoms with E-state index in [1.54, 1.807) is 17.7 Å². The predicted octanol–water partition coefficient (Wildman–Crippen LogP) is 3.52. The molecule has 0 saturated carbocycles. The summed E-state index contributed by atoms with van der Waals surface area (Å²) in [6, 6.07) is 7.62. The Morgan fingerprint density at radius 2 is 2.08 bits per heavy atom. The molecule has 0 aliphatic carbocycles. The van der Waals surface area contributed by atoms with Crippen molar-refractivity contribution < 1.29 is 19.3 Å². The van der Waals surface area contributed by atoms with Crippen LogP contribution in [0.3, 0.4) is 0 Å². The van der Waals surface area contributed by atoms with Crippen molar-refractivity contribution in [3.63, 3.8) is 0 Å². The van der Waals surface area contributed by atoms with Gasteiger partial charge in [0.25, 0.3) is 0 Å². The van der Waals surface area contributed by atoms with Gasteiger partial charge in [-0.05, 0) is 44.5 Å². The van der Waals surface area contributed by atoms with Gasteiger partial charge in [0, 0.05) is 12.3 Å². The largest absolute Gasteiger partial charge is 0.450 e. The third kappa shape index (κ3) is 4.45. The first-order chi connectivity index (χ1) is 11.5. The Balaban J connectivity index is 2.15. The Morgan fingerprint density at radius 3 is 2.79 bits per heavy atom. The SMILES string of the molecule is C=C(Oc1cc(-n2ccc(CCC)n2)ccc1C)C(=O)OOCC. The van der Waals surface area contributed by atoms with Crippen LogP contribution in [0.15, 0.2) is 42.8 Å². The van der Waals surface area contributed by atoms with Gasteiger partial charge < -0.3 is 4.74 Å². The number of aromatic nitrogens is 2. The molecule has 1 heterocycles. The summed E-state index contributed by atoms with van der Waals surface area (Å²) in [6.45, 7) is 9.54. The Labute approximate surface area is 141 Å². The van der Waals surface area contributed by atoms with E-state index in [9.17, 15) is 4.79 Å². The molecule has 0 radical (unpaired) electrons. The van der Waals surface area contributed by atoms with E-state index >= 15 is 0 Å². The molecule has 0 amide bonds. The molecular weight excluding hydrogens is 308 g/mol. The molecular formula is C18H22N2O4. The summed E-state index contributed by atoms with van der Waals surface area (Å²) in [5, 5.41) is 4.52. The van der Waals surface area contributed by atoms with Crippen LogP contribution in [0.2, 0.25) is 0 Å². The summed E-state index contributed by atoms with van der Waals surface area (Å²) in [4.78, 5) is 20.8. The van der Waals surface area contributed by atoms with E-state index in [1.807, 2.05) is 31.3 Å². The van der Waals surface area contributed by atoms with Gasteiger partial charge in [0.2, 0.25) is 5.76 Å². The Morgan fingerprint density at radius 1 is 1.29 bits per heavy atom. The molecule has 0 aliphatic heterocycles. The molecule has 1 aromatic heterocycles. The molecule has 0 fully saturated rings. The van der Waals surface area contributed by atoms with Crippen molar-refractivity contribution in [1.82, 2.24) is 9.78 Å². The highest BCUT2D eigenvalue weighted by Crippen LogP contribution is 2.24. The summed E-state index contributed by atoms with van der Waals surface area (Å²) in [7, 11) is 0. The van der Waals surface area contributed by atoms with Crippen molar-refractivity contribution >= 4 is 5.97 Å². The molecule has 0 aliphatic rings. The summed E-state index contributed by atoms with van der Waals surface area (Å²) in [5.74, 6) is -0.389. The third-order valence-electron chi connectivity index (χ3n) is 3.30. The van der Waals surface area contributed by atoms with Gasteiger partial charge in [-0.2, -0.15) is 9.99 Å². The average Bonchev–Trinajstić information content (AvgIpc) is 3.03. The minimum absolute atomic E-state index is 0.143. The molecule has 2 aromatic rings. The third-order valence-corrected chi connectivity index (χ3v) is 3.30. The quantitative estimate of drug-likeness (QED) is 0.321. The van der Waals surface area contributed by atoms with E-state index in [2.05, 4.69) is 28.4 Å². The monoisotopic (exact) mass is 330 g/mol. The van der Waals surface area contributed by atoms with Crippen molar-refractivity contribution in [3.05, 3.63) is 54.1 Å². The zero-order chi connectivity index (χ0) is 17.5. The van der Waals surface area contributed by atoms with E-state index in [-0.39, 0.29) is 12.4 Å². The van der Waals surface area contributed by atoms with E-state index < -0.39 is 5.97 Å². The van der Waals surface area contributed by atoms with Gasteiger partial charge in [-0.25, -0.2) is 9.48 Å². The Bertz CT molecular complexity index is 722. The van der Waals surface area contributed by atoms with Crippen molar-refractivity contribution in [2.24, 2.45) is 0 Å². The minimum Gasteiger partial charge on any atom is -0.450 e. The summed E-state index contributed by atoms with van der Waals surface area (Å²) >= 11 is 0. The lowest BCUT2D eigenvalue weighted by atomic mass is 10.2. The normalized spacial score (nSPS) is 10.5. The van der Waals surface area contributed by atoms with Gasteiger partial charge in [-0.1, -0.05) is 19.4 Å². The van der Waals surface area contributed by atoms with Crippen LogP contribution in [0.5, 0.6) is 5.75 Å². The van der Waals surface area contributed by atoms with Crippen molar-refractivity contribution in [1.29, 1.82) is 0 Å². The molecule has 128 valence electrons. The number of hydrogen-bond acceptors (Lipinski definition) is 5. The summed E-state index contributed by atoms with van der Waals surface area (Å²) in [6.07, 6.45) is 3.88. The van der Waals surface area contributed by atoms with E-state index in [4.69, 9.17) is 4.74 Å². The highest BCUT2D eigenvalue weighted by Gasteiger charge is 2.14. The zero-order valence-electron chi connectivity index (χ0n) is 14.2. The Hall–Kier alpha value is -2.60. The molecule has 0 bridgehead atoms. The number of ether oxygens (including phenoxy) is 1. The second kappa shape index (κ2) is 8.31. The highest BCUT2D eigenvalue weighted by atomic mass is 17.2. The fourth-order valence-electron chi connectivity index (χ4n) is 2.07. The van der Waals surface area contributed by atoms with E-state index in [1.165, 1.54) is 0 Å². The first-order valence-corrected chi connectivity index (χ1v) is 7.91.